The van der Waals surface area contributed by atoms with Gasteiger partial charge in [-0.15, -0.1) is 0 Å². The number of ether oxygens (including phenoxy) is 1. The predicted molar refractivity (Wildman–Crippen MR) is 91.6 cm³/mol. The first-order chi connectivity index (χ1) is 11.9. The van der Waals surface area contributed by atoms with Gasteiger partial charge in [0, 0.05) is 12.7 Å². The van der Waals surface area contributed by atoms with Crippen LogP contribution in [0, 0.1) is 11.7 Å². The zero-order chi connectivity index (χ0) is 18.4. The minimum atomic E-state index is -0.714. The summed E-state index contributed by atoms with van der Waals surface area (Å²) in [4.78, 5) is 30.1. The molecule has 1 amide bonds. The van der Waals surface area contributed by atoms with Crippen molar-refractivity contribution >= 4 is 23.5 Å². The molecule has 0 saturated heterocycles. The number of halogens is 2. The van der Waals surface area contributed by atoms with Gasteiger partial charge in [-0.1, -0.05) is 30.7 Å². The Morgan fingerprint density at radius 2 is 2.04 bits per heavy atom. The van der Waals surface area contributed by atoms with Gasteiger partial charge in [0.05, 0.1) is 35.9 Å². The number of esters is 1. The highest BCUT2D eigenvalue weighted by Crippen LogP contribution is 2.22. The number of carbonyl (C=O) groups excluding carboxylic acids is 2. The third kappa shape index (κ3) is 4.76. The van der Waals surface area contributed by atoms with Crippen molar-refractivity contribution in [3.63, 3.8) is 0 Å². The molecule has 25 heavy (non-hydrogen) atoms. The van der Waals surface area contributed by atoms with Crippen molar-refractivity contribution in [3.8, 4) is 0 Å². The fourth-order valence-corrected chi connectivity index (χ4v) is 2.62. The molecule has 0 saturated carbocycles. The van der Waals surface area contributed by atoms with Crippen molar-refractivity contribution in [3.05, 3.63) is 64.7 Å². The van der Waals surface area contributed by atoms with Crippen LogP contribution in [0.25, 0.3) is 0 Å². The van der Waals surface area contributed by atoms with Crippen molar-refractivity contribution in [1.29, 1.82) is 0 Å². The molecule has 1 unspecified atom stereocenters. The molecule has 1 aromatic carbocycles. The monoisotopic (exact) mass is 364 g/mol. The van der Waals surface area contributed by atoms with Crippen LogP contribution >= 0.6 is 11.6 Å². The summed E-state index contributed by atoms with van der Waals surface area (Å²) in [6.45, 7) is 1.80. The van der Waals surface area contributed by atoms with Crippen LogP contribution in [0.15, 0.2) is 42.6 Å². The van der Waals surface area contributed by atoms with Crippen LogP contribution in [0.3, 0.4) is 0 Å². The van der Waals surface area contributed by atoms with E-state index in [0.29, 0.717) is 5.69 Å². The number of amides is 1. The molecular formula is C18H18ClFN2O3. The average Bonchev–Trinajstić information content (AvgIpc) is 2.61. The van der Waals surface area contributed by atoms with Gasteiger partial charge >= 0.3 is 5.97 Å². The summed E-state index contributed by atoms with van der Waals surface area (Å²) in [5, 5.41) is 0.0155. The Hall–Kier alpha value is -2.47. The van der Waals surface area contributed by atoms with Gasteiger partial charge in [-0.25, -0.2) is 4.39 Å². The molecular weight excluding hydrogens is 347 g/mol. The zero-order valence-corrected chi connectivity index (χ0v) is 14.7. The van der Waals surface area contributed by atoms with Gasteiger partial charge < -0.3 is 9.64 Å². The van der Waals surface area contributed by atoms with Crippen LogP contribution < -0.4 is 0 Å². The number of methoxy groups -OCH3 is 1. The number of hydrogen-bond donors (Lipinski definition) is 0. The zero-order valence-electron chi connectivity index (χ0n) is 13.9. The van der Waals surface area contributed by atoms with Gasteiger partial charge in [-0.2, -0.15) is 0 Å². The molecule has 132 valence electrons. The quantitative estimate of drug-likeness (QED) is 0.738. The lowest BCUT2D eigenvalue weighted by atomic mass is 10.1. The first kappa shape index (κ1) is 18.9. The number of rotatable bonds is 6. The molecule has 7 heteroatoms. The molecule has 0 bridgehead atoms. The van der Waals surface area contributed by atoms with E-state index >= 15 is 0 Å². The number of carbonyl (C=O) groups is 2. The highest BCUT2D eigenvalue weighted by atomic mass is 35.5. The maximum absolute atomic E-state index is 14.1. The summed E-state index contributed by atoms with van der Waals surface area (Å²) in [6, 6.07) is 9.31. The van der Waals surface area contributed by atoms with E-state index < -0.39 is 23.6 Å². The second-order valence-corrected chi connectivity index (χ2v) is 5.93. The van der Waals surface area contributed by atoms with E-state index in [1.807, 2.05) is 0 Å². The predicted octanol–water partition coefficient (Wildman–Crippen LogP) is 3.33. The molecule has 0 radical (unpaired) electrons. The van der Waals surface area contributed by atoms with Crippen LogP contribution in [-0.4, -0.2) is 35.4 Å². The van der Waals surface area contributed by atoms with E-state index in [1.54, 1.807) is 31.3 Å². The van der Waals surface area contributed by atoms with Crippen molar-refractivity contribution < 1.29 is 18.7 Å². The van der Waals surface area contributed by atoms with Gasteiger partial charge in [-0.05, 0) is 24.3 Å². The Bertz CT molecular complexity index is 735. The molecule has 5 nitrogen and oxygen atoms in total. The average molecular weight is 365 g/mol. The Kier molecular flexibility index (Phi) is 6.47. The van der Waals surface area contributed by atoms with E-state index in [1.165, 1.54) is 30.2 Å². The van der Waals surface area contributed by atoms with E-state index in [-0.39, 0.29) is 23.7 Å². The van der Waals surface area contributed by atoms with Gasteiger partial charge in [0.15, 0.2) is 0 Å². The lowest BCUT2D eigenvalue weighted by Crippen LogP contribution is -2.37. The number of nitrogens with zero attached hydrogens (tertiary/aromatic N) is 2. The van der Waals surface area contributed by atoms with Gasteiger partial charge in [0.1, 0.15) is 5.82 Å². The van der Waals surface area contributed by atoms with Crippen LogP contribution in [-0.2, 0) is 16.1 Å². The SMILES string of the molecule is COC(=O)C(C)CN(Cc1ccccn1)C(=O)c1c(F)cccc1Cl. The number of hydrogen-bond acceptors (Lipinski definition) is 4. The van der Waals surface area contributed by atoms with Crippen LogP contribution in [0.1, 0.15) is 23.0 Å². The van der Waals surface area contributed by atoms with Crippen molar-refractivity contribution in [1.82, 2.24) is 9.88 Å². The molecule has 1 aromatic heterocycles. The molecule has 1 heterocycles. The standard InChI is InChI=1S/C18H18ClFN2O3/c1-12(18(24)25-2)10-22(11-13-6-3-4-9-21-13)17(23)16-14(19)7-5-8-15(16)20/h3-9,12H,10-11H2,1-2H3. The number of pyridine rings is 1. The Labute approximate surface area is 150 Å². The maximum atomic E-state index is 14.1. The lowest BCUT2D eigenvalue weighted by Gasteiger charge is -2.25. The second kappa shape index (κ2) is 8.58. The Balaban J connectivity index is 2.33. The summed E-state index contributed by atoms with van der Waals surface area (Å²) in [5.41, 5.74) is 0.387. The minimum Gasteiger partial charge on any atom is -0.469 e. The third-order valence-electron chi connectivity index (χ3n) is 3.64. The van der Waals surface area contributed by atoms with Crippen LogP contribution in [0.2, 0.25) is 5.02 Å². The van der Waals surface area contributed by atoms with Gasteiger partial charge in [0.2, 0.25) is 0 Å². The van der Waals surface area contributed by atoms with E-state index in [9.17, 15) is 14.0 Å². The first-order valence-corrected chi connectivity index (χ1v) is 8.02. The summed E-state index contributed by atoms with van der Waals surface area (Å²) in [5.74, 6) is -2.36. The molecule has 1 atom stereocenters. The molecule has 0 fully saturated rings. The third-order valence-corrected chi connectivity index (χ3v) is 3.96. The van der Waals surface area contributed by atoms with E-state index in [0.717, 1.165) is 0 Å². The topological polar surface area (TPSA) is 59.5 Å². The molecule has 0 spiro atoms. The number of benzene rings is 1. The summed E-state index contributed by atoms with van der Waals surface area (Å²) >= 11 is 6.00. The smallest absolute Gasteiger partial charge is 0.310 e. The van der Waals surface area contributed by atoms with Gasteiger partial charge in [0.25, 0.3) is 5.91 Å². The summed E-state index contributed by atoms with van der Waals surface area (Å²) < 4.78 is 18.8. The van der Waals surface area contributed by atoms with Crippen LogP contribution in [0.4, 0.5) is 4.39 Å². The Morgan fingerprint density at radius 1 is 1.28 bits per heavy atom. The number of aromatic nitrogens is 1. The van der Waals surface area contributed by atoms with Crippen molar-refractivity contribution in [2.24, 2.45) is 5.92 Å². The second-order valence-electron chi connectivity index (χ2n) is 5.53. The lowest BCUT2D eigenvalue weighted by molar-refractivity contribution is -0.145. The highest BCUT2D eigenvalue weighted by Gasteiger charge is 2.26. The molecule has 0 aliphatic heterocycles. The normalized spacial score (nSPS) is 11.7. The summed E-state index contributed by atoms with van der Waals surface area (Å²) in [7, 11) is 1.28. The molecule has 0 N–H and O–H groups in total. The van der Waals surface area contributed by atoms with Crippen molar-refractivity contribution in [2.45, 2.75) is 13.5 Å². The molecule has 2 rings (SSSR count). The Morgan fingerprint density at radius 3 is 2.64 bits per heavy atom. The minimum absolute atomic E-state index is 0.0155. The fourth-order valence-electron chi connectivity index (χ4n) is 2.37. The molecule has 0 aliphatic carbocycles. The van der Waals surface area contributed by atoms with E-state index in [2.05, 4.69) is 4.98 Å². The summed E-state index contributed by atoms with van der Waals surface area (Å²) in [6.07, 6.45) is 1.60. The maximum Gasteiger partial charge on any atom is 0.310 e. The highest BCUT2D eigenvalue weighted by molar-refractivity contribution is 6.33. The molecule has 0 aliphatic rings. The fraction of sp³-hybridized carbons (Fsp3) is 0.278. The van der Waals surface area contributed by atoms with Gasteiger partial charge in [-0.3, -0.25) is 14.6 Å². The van der Waals surface area contributed by atoms with E-state index in [4.69, 9.17) is 16.3 Å². The largest absolute Gasteiger partial charge is 0.469 e. The molecule has 2 aromatic rings. The van der Waals surface area contributed by atoms with Crippen molar-refractivity contribution in [2.75, 3.05) is 13.7 Å². The first-order valence-electron chi connectivity index (χ1n) is 7.65. The van der Waals surface area contributed by atoms with Crippen LogP contribution in [0.5, 0.6) is 0 Å².